The van der Waals surface area contributed by atoms with Crippen molar-refractivity contribution in [1.82, 2.24) is 9.97 Å². The highest BCUT2D eigenvalue weighted by Crippen LogP contribution is 2.35. The first-order chi connectivity index (χ1) is 8.78. The Hall–Kier alpha value is -2.10. The number of rotatable bonds is 2. The van der Waals surface area contributed by atoms with Crippen LogP contribution in [0.2, 0.25) is 0 Å². The van der Waals surface area contributed by atoms with Crippen LogP contribution < -0.4 is 10.5 Å². The number of aromatic nitrogens is 2. The third kappa shape index (κ3) is 1.79. The average molecular weight is 241 g/mol. The minimum atomic E-state index is 0.430. The highest BCUT2D eigenvalue weighted by Gasteiger charge is 2.16. The van der Waals surface area contributed by atoms with Gasteiger partial charge >= 0.3 is 0 Å². The van der Waals surface area contributed by atoms with E-state index in [1.54, 1.807) is 19.5 Å². The Morgan fingerprint density at radius 2 is 1.89 bits per heavy atom. The molecule has 2 aromatic rings. The number of hydrogen-bond donors (Lipinski definition) is 1. The molecule has 1 aromatic heterocycles. The molecule has 3 rings (SSSR count). The van der Waals surface area contributed by atoms with Gasteiger partial charge < -0.3 is 10.5 Å². The van der Waals surface area contributed by atoms with Crippen LogP contribution >= 0.6 is 0 Å². The lowest BCUT2D eigenvalue weighted by Gasteiger charge is -2.11. The van der Waals surface area contributed by atoms with E-state index in [2.05, 4.69) is 22.1 Å². The summed E-state index contributed by atoms with van der Waals surface area (Å²) in [5.74, 6) is 1.29. The summed E-state index contributed by atoms with van der Waals surface area (Å²) < 4.78 is 5.46. The standard InChI is InChI=1S/C14H15N3O/c1-18-13-6-10-4-2-3-9(10)5-11(13)12-7-17-14(15)8-16-12/h5-8H,2-4H2,1H3,(H2,15,17). The van der Waals surface area contributed by atoms with Crippen LogP contribution in [0.4, 0.5) is 5.82 Å². The lowest BCUT2D eigenvalue weighted by Crippen LogP contribution is -1.96. The van der Waals surface area contributed by atoms with Crippen molar-refractivity contribution in [2.75, 3.05) is 12.8 Å². The second-order valence-corrected chi connectivity index (χ2v) is 4.50. The largest absolute Gasteiger partial charge is 0.496 e. The van der Waals surface area contributed by atoms with Crippen molar-refractivity contribution in [3.05, 3.63) is 35.7 Å². The molecule has 0 radical (unpaired) electrons. The van der Waals surface area contributed by atoms with E-state index in [4.69, 9.17) is 10.5 Å². The summed E-state index contributed by atoms with van der Waals surface area (Å²) in [6.45, 7) is 0. The number of nitrogens with zero attached hydrogens (tertiary/aromatic N) is 2. The zero-order valence-electron chi connectivity index (χ0n) is 10.3. The first kappa shape index (κ1) is 11.0. The van der Waals surface area contributed by atoms with Crippen molar-refractivity contribution in [3.8, 4) is 17.0 Å². The number of hydrogen-bond acceptors (Lipinski definition) is 4. The lowest BCUT2D eigenvalue weighted by molar-refractivity contribution is 0.416. The number of aryl methyl sites for hydroxylation is 2. The summed E-state index contributed by atoms with van der Waals surface area (Å²) in [7, 11) is 1.69. The molecule has 4 nitrogen and oxygen atoms in total. The van der Waals surface area contributed by atoms with Crippen molar-refractivity contribution in [2.24, 2.45) is 0 Å². The number of ether oxygens (including phenoxy) is 1. The number of benzene rings is 1. The molecule has 0 fully saturated rings. The SMILES string of the molecule is COc1cc2c(cc1-c1cnc(N)cn1)CCC2. The third-order valence-electron chi connectivity index (χ3n) is 3.36. The Morgan fingerprint density at radius 3 is 2.56 bits per heavy atom. The summed E-state index contributed by atoms with van der Waals surface area (Å²) in [5.41, 5.74) is 10.1. The molecule has 18 heavy (non-hydrogen) atoms. The molecule has 0 spiro atoms. The lowest BCUT2D eigenvalue weighted by atomic mass is 10.0. The fraction of sp³-hybridized carbons (Fsp3) is 0.286. The number of fused-ring (bicyclic) bond motifs is 1. The van der Waals surface area contributed by atoms with Crippen molar-refractivity contribution in [3.63, 3.8) is 0 Å². The molecular weight excluding hydrogens is 226 g/mol. The van der Waals surface area contributed by atoms with Crippen molar-refractivity contribution in [1.29, 1.82) is 0 Å². The maximum atomic E-state index is 5.56. The molecule has 0 aliphatic heterocycles. The molecule has 0 saturated heterocycles. The van der Waals surface area contributed by atoms with E-state index < -0.39 is 0 Å². The Balaban J connectivity index is 2.13. The molecule has 4 heteroatoms. The van der Waals surface area contributed by atoms with Gasteiger partial charge in [0.05, 0.1) is 25.2 Å². The summed E-state index contributed by atoms with van der Waals surface area (Å²) in [6, 6.07) is 4.29. The minimum Gasteiger partial charge on any atom is -0.496 e. The molecule has 1 heterocycles. The van der Waals surface area contributed by atoms with E-state index in [0.29, 0.717) is 5.82 Å². The third-order valence-corrected chi connectivity index (χ3v) is 3.36. The number of nitrogen functional groups attached to an aromatic ring is 1. The minimum absolute atomic E-state index is 0.430. The second-order valence-electron chi connectivity index (χ2n) is 4.50. The maximum absolute atomic E-state index is 5.56. The van der Waals surface area contributed by atoms with Gasteiger partial charge in [0.1, 0.15) is 11.6 Å². The van der Waals surface area contributed by atoms with Crippen LogP contribution in [0, 0.1) is 0 Å². The Morgan fingerprint density at radius 1 is 1.11 bits per heavy atom. The summed E-state index contributed by atoms with van der Waals surface area (Å²) in [4.78, 5) is 8.40. The molecule has 0 unspecified atom stereocenters. The number of nitrogens with two attached hydrogens (primary N) is 1. The van der Waals surface area contributed by atoms with Crippen molar-refractivity contribution in [2.45, 2.75) is 19.3 Å². The number of methoxy groups -OCH3 is 1. The maximum Gasteiger partial charge on any atom is 0.141 e. The topological polar surface area (TPSA) is 61.0 Å². The van der Waals surface area contributed by atoms with E-state index in [1.807, 2.05) is 0 Å². The molecule has 0 bridgehead atoms. The van der Waals surface area contributed by atoms with Gasteiger partial charge in [-0.2, -0.15) is 0 Å². The van der Waals surface area contributed by atoms with Gasteiger partial charge in [-0.15, -0.1) is 0 Å². The Labute approximate surface area is 106 Å². The summed E-state index contributed by atoms with van der Waals surface area (Å²) >= 11 is 0. The highest BCUT2D eigenvalue weighted by molar-refractivity contribution is 5.69. The molecule has 92 valence electrons. The van der Waals surface area contributed by atoms with Gasteiger partial charge in [-0.1, -0.05) is 0 Å². The molecular formula is C14H15N3O. The molecule has 0 saturated carbocycles. The summed E-state index contributed by atoms with van der Waals surface area (Å²) in [6.07, 6.45) is 6.75. The van der Waals surface area contributed by atoms with E-state index in [9.17, 15) is 0 Å². The fourth-order valence-electron chi connectivity index (χ4n) is 2.45. The predicted molar refractivity (Wildman–Crippen MR) is 70.5 cm³/mol. The van der Waals surface area contributed by atoms with Crippen molar-refractivity contribution >= 4 is 5.82 Å². The predicted octanol–water partition coefficient (Wildman–Crippen LogP) is 2.22. The molecule has 1 aliphatic carbocycles. The van der Waals surface area contributed by atoms with Crippen molar-refractivity contribution < 1.29 is 4.74 Å². The van der Waals surface area contributed by atoms with Crippen LogP contribution in [0.15, 0.2) is 24.5 Å². The van der Waals surface area contributed by atoms with Crippen LogP contribution in [0.25, 0.3) is 11.3 Å². The van der Waals surface area contributed by atoms with E-state index in [0.717, 1.165) is 29.8 Å². The molecule has 1 aliphatic rings. The second kappa shape index (κ2) is 4.29. The highest BCUT2D eigenvalue weighted by atomic mass is 16.5. The van der Waals surface area contributed by atoms with Gasteiger partial charge in [0.25, 0.3) is 0 Å². The van der Waals surface area contributed by atoms with Gasteiger partial charge in [0.15, 0.2) is 0 Å². The van der Waals surface area contributed by atoms with E-state index in [-0.39, 0.29) is 0 Å². The first-order valence-electron chi connectivity index (χ1n) is 6.05. The van der Waals surface area contributed by atoms with Gasteiger partial charge in [-0.3, -0.25) is 4.98 Å². The van der Waals surface area contributed by atoms with Crippen LogP contribution in [0.5, 0.6) is 5.75 Å². The molecule has 0 atom stereocenters. The molecule has 2 N–H and O–H groups in total. The normalized spacial score (nSPS) is 13.4. The molecule has 0 amide bonds. The van der Waals surface area contributed by atoms with Crippen LogP contribution in [-0.4, -0.2) is 17.1 Å². The first-order valence-corrected chi connectivity index (χ1v) is 6.05. The Kier molecular flexibility index (Phi) is 2.63. The summed E-state index contributed by atoms with van der Waals surface area (Å²) in [5, 5.41) is 0. The Bertz CT molecular complexity index is 578. The zero-order valence-corrected chi connectivity index (χ0v) is 10.3. The van der Waals surface area contributed by atoms with E-state index in [1.165, 1.54) is 17.5 Å². The van der Waals surface area contributed by atoms with Gasteiger partial charge in [0, 0.05) is 5.56 Å². The fourth-order valence-corrected chi connectivity index (χ4v) is 2.45. The van der Waals surface area contributed by atoms with Gasteiger partial charge in [-0.05, 0) is 42.5 Å². The van der Waals surface area contributed by atoms with Crippen LogP contribution in [-0.2, 0) is 12.8 Å². The zero-order chi connectivity index (χ0) is 12.5. The average Bonchev–Trinajstić information content (AvgIpc) is 2.85. The monoisotopic (exact) mass is 241 g/mol. The van der Waals surface area contributed by atoms with Gasteiger partial charge in [-0.25, -0.2) is 4.98 Å². The van der Waals surface area contributed by atoms with E-state index >= 15 is 0 Å². The smallest absolute Gasteiger partial charge is 0.141 e. The van der Waals surface area contributed by atoms with Crippen LogP contribution in [0.3, 0.4) is 0 Å². The van der Waals surface area contributed by atoms with Crippen LogP contribution in [0.1, 0.15) is 17.5 Å². The molecule has 1 aromatic carbocycles. The number of anilines is 1. The van der Waals surface area contributed by atoms with Gasteiger partial charge in [0.2, 0.25) is 0 Å². The quantitative estimate of drug-likeness (QED) is 0.875.